The summed E-state index contributed by atoms with van der Waals surface area (Å²) in [5, 5.41) is 30.8. The predicted molar refractivity (Wildman–Crippen MR) is 138 cm³/mol. The Morgan fingerprint density at radius 2 is 2.16 bits per heavy atom. The summed E-state index contributed by atoms with van der Waals surface area (Å²) in [5.74, 6) is -0.748. The van der Waals surface area contributed by atoms with E-state index in [0.717, 1.165) is 37.5 Å². The van der Waals surface area contributed by atoms with Crippen LogP contribution in [0.3, 0.4) is 0 Å². The second kappa shape index (κ2) is 9.79. The van der Waals surface area contributed by atoms with E-state index in [1.165, 1.54) is 11.0 Å². The smallest absolute Gasteiger partial charge is 0.353 e. The number of carbonyl (C=O) groups excluding carboxylic acids is 2. The number of nitrogens with one attached hydrogen (secondary N) is 3. The lowest BCUT2D eigenvalue weighted by atomic mass is 9.79. The van der Waals surface area contributed by atoms with Crippen LogP contribution < -0.4 is 16.0 Å². The summed E-state index contributed by atoms with van der Waals surface area (Å²) in [5.41, 5.74) is 0.655. The first-order chi connectivity index (χ1) is 18.2. The zero-order valence-corrected chi connectivity index (χ0v) is 22.5. The standard InChI is InChI=1S/C24H35N9O4S/c1-13-19-16(14(2)28-18(34)8-32-12-27-29-30-32)7-33(19)20(23(36)37)21(13)38-15-5-17(26-6-15)22(35)31-4-3-24(11-31)9-25-10-24/h12-17,19,25-26H,3-11H2,1-2H3,(H,28,34)(H,36,37)/t13?,14?,15-,16+,17-,19+/m0/s1. The molecule has 4 fully saturated rings. The molecule has 206 valence electrons. The van der Waals surface area contributed by atoms with Gasteiger partial charge in [0.1, 0.15) is 18.6 Å². The van der Waals surface area contributed by atoms with Crippen molar-refractivity contribution in [2.75, 3.05) is 39.3 Å². The fourth-order valence-electron chi connectivity index (χ4n) is 6.87. The molecule has 6 atom stereocenters. The number of carbonyl (C=O) groups is 3. The molecule has 0 bridgehead atoms. The van der Waals surface area contributed by atoms with E-state index in [2.05, 4.69) is 38.4 Å². The highest BCUT2D eigenvalue weighted by Gasteiger charge is 2.54. The van der Waals surface area contributed by atoms with Crippen LogP contribution in [-0.4, -0.2) is 116 Å². The van der Waals surface area contributed by atoms with Crippen LogP contribution in [0.2, 0.25) is 0 Å². The van der Waals surface area contributed by atoms with Gasteiger partial charge in [-0.3, -0.25) is 9.59 Å². The van der Waals surface area contributed by atoms with E-state index in [9.17, 15) is 19.5 Å². The Morgan fingerprint density at radius 3 is 2.82 bits per heavy atom. The molecule has 2 amide bonds. The Kier molecular flexibility index (Phi) is 6.59. The van der Waals surface area contributed by atoms with Crippen molar-refractivity contribution in [2.45, 2.75) is 56.6 Å². The monoisotopic (exact) mass is 545 g/mol. The number of aliphatic carboxylic acids is 1. The number of hydrogen-bond donors (Lipinski definition) is 4. The number of carboxylic acid groups (broad SMARTS) is 1. The van der Waals surface area contributed by atoms with Gasteiger partial charge in [0.05, 0.1) is 6.04 Å². The molecule has 5 aliphatic rings. The third kappa shape index (κ3) is 4.45. The van der Waals surface area contributed by atoms with E-state index in [0.29, 0.717) is 25.2 Å². The summed E-state index contributed by atoms with van der Waals surface area (Å²) in [6, 6.07) is -0.302. The van der Waals surface area contributed by atoms with Gasteiger partial charge in [-0.1, -0.05) is 6.92 Å². The molecule has 1 aromatic heterocycles. The van der Waals surface area contributed by atoms with Crippen LogP contribution in [-0.2, 0) is 20.9 Å². The first kappa shape index (κ1) is 25.6. The number of likely N-dealkylation sites (tertiary alicyclic amines) is 1. The fraction of sp³-hybridized carbons (Fsp3) is 0.750. The van der Waals surface area contributed by atoms with Crippen LogP contribution in [0, 0.1) is 17.3 Å². The lowest BCUT2D eigenvalue weighted by Crippen LogP contribution is -2.62. The van der Waals surface area contributed by atoms with Crippen LogP contribution in [0.5, 0.6) is 0 Å². The number of fused-ring (bicyclic) bond motifs is 1. The minimum atomic E-state index is -0.911. The number of aromatic nitrogens is 4. The molecule has 0 aromatic carbocycles. The lowest BCUT2D eigenvalue weighted by Gasteiger charge is -2.50. The van der Waals surface area contributed by atoms with Gasteiger partial charge in [0.2, 0.25) is 11.8 Å². The van der Waals surface area contributed by atoms with Gasteiger partial charge in [-0.15, -0.1) is 16.9 Å². The molecule has 6 rings (SSSR count). The topological polar surface area (TPSA) is 158 Å². The molecule has 38 heavy (non-hydrogen) atoms. The summed E-state index contributed by atoms with van der Waals surface area (Å²) >= 11 is 1.62. The zero-order chi connectivity index (χ0) is 26.6. The maximum Gasteiger partial charge on any atom is 0.353 e. The number of carboxylic acids is 1. The molecule has 4 saturated heterocycles. The third-order valence-electron chi connectivity index (χ3n) is 9.02. The number of nitrogens with zero attached hydrogens (tertiary/aromatic N) is 6. The molecular weight excluding hydrogens is 510 g/mol. The summed E-state index contributed by atoms with van der Waals surface area (Å²) in [6.07, 6.45) is 3.16. The van der Waals surface area contributed by atoms with Gasteiger partial charge in [0.15, 0.2) is 0 Å². The van der Waals surface area contributed by atoms with Gasteiger partial charge < -0.3 is 30.9 Å². The van der Waals surface area contributed by atoms with Crippen LogP contribution in [0.25, 0.3) is 0 Å². The van der Waals surface area contributed by atoms with Crippen molar-refractivity contribution in [3.8, 4) is 0 Å². The minimum absolute atomic E-state index is 0.0237. The molecule has 6 heterocycles. The summed E-state index contributed by atoms with van der Waals surface area (Å²) < 4.78 is 1.37. The highest BCUT2D eigenvalue weighted by atomic mass is 32.2. The molecule has 0 radical (unpaired) electrons. The number of rotatable bonds is 8. The Morgan fingerprint density at radius 1 is 1.34 bits per heavy atom. The number of thioether (sulfide) groups is 1. The highest BCUT2D eigenvalue weighted by molar-refractivity contribution is 8.03. The largest absolute Gasteiger partial charge is 0.477 e. The Balaban J connectivity index is 1.06. The molecule has 1 spiro atoms. The van der Waals surface area contributed by atoms with Crippen molar-refractivity contribution in [1.82, 2.24) is 46.0 Å². The highest BCUT2D eigenvalue weighted by Crippen LogP contribution is 2.51. The second-order valence-corrected chi connectivity index (χ2v) is 12.9. The van der Waals surface area contributed by atoms with Gasteiger partial charge in [0, 0.05) is 78.8 Å². The molecule has 0 saturated carbocycles. The van der Waals surface area contributed by atoms with Gasteiger partial charge in [-0.2, -0.15) is 0 Å². The fourth-order valence-corrected chi connectivity index (χ4v) is 8.36. The van der Waals surface area contributed by atoms with E-state index in [-0.39, 0.29) is 59.0 Å². The Hall–Kier alpha value is -2.71. The molecule has 1 aromatic rings. The maximum atomic E-state index is 13.2. The van der Waals surface area contributed by atoms with Gasteiger partial charge >= 0.3 is 5.97 Å². The quantitative estimate of drug-likeness (QED) is 0.308. The number of tetrazole rings is 1. The first-order valence-electron chi connectivity index (χ1n) is 13.4. The van der Waals surface area contributed by atoms with Gasteiger partial charge in [0.25, 0.3) is 0 Å². The van der Waals surface area contributed by atoms with E-state index in [1.807, 2.05) is 16.7 Å². The van der Waals surface area contributed by atoms with Crippen LogP contribution >= 0.6 is 11.8 Å². The maximum absolute atomic E-state index is 13.2. The van der Waals surface area contributed by atoms with E-state index >= 15 is 0 Å². The molecule has 2 unspecified atom stereocenters. The van der Waals surface area contributed by atoms with Gasteiger partial charge in [-0.05, 0) is 30.2 Å². The molecular formula is C24H35N9O4S. The number of amides is 2. The van der Waals surface area contributed by atoms with Crippen molar-refractivity contribution in [3.63, 3.8) is 0 Å². The zero-order valence-electron chi connectivity index (χ0n) is 21.7. The molecule has 5 aliphatic heterocycles. The molecule has 4 N–H and O–H groups in total. The molecule has 13 nitrogen and oxygen atoms in total. The van der Waals surface area contributed by atoms with E-state index in [1.54, 1.807) is 11.8 Å². The normalized spacial score (nSPS) is 32.2. The summed E-state index contributed by atoms with van der Waals surface area (Å²) in [7, 11) is 0. The van der Waals surface area contributed by atoms with Crippen LogP contribution in [0.4, 0.5) is 0 Å². The molecule has 14 heteroatoms. The lowest BCUT2D eigenvalue weighted by molar-refractivity contribution is -0.136. The predicted octanol–water partition coefficient (Wildman–Crippen LogP) is -1.29. The summed E-state index contributed by atoms with van der Waals surface area (Å²) in [6.45, 7) is 9.01. The van der Waals surface area contributed by atoms with E-state index < -0.39 is 5.97 Å². The van der Waals surface area contributed by atoms with E-state index in [4.69, 9.17) is 0 Å². The molecule has 0 aliphatic carbocycles. The SMILES string of the molecule is CC(NC(=O)Cn1cnnn1)[C@H]1CN2C(C(=O)O)=C(S[C@@H]3CN[C@H](C(=O)N4CCC5(CNC5)C4)C3)C(C)[C@H]12. The number of hydrogen-bond acceptors (Lipinski definition) is 10. The van der Waals surface area contributed by atoms with Crippen molar-refractivity contribution in [2.24, 2.45) is 17.3 Å². The Labute approximate surface area is 225 Å². The van der Waals surface area contributed by atoms with Crippen LogP contribution in [0.15, 0.2) is 16.9 Å². The second-order valence-electron chi connectivity index (χ2n) is 11.5. The van der Waals surface area contributed by atoms with Crippen LogP contribution in [0.1, 0.15) is 26.7 Å². The van der Waals surface area contributed by atoms with Crippen molar-refractivity contribution in [3.05, 3.63) is 16.9 Å². The summed E-state index contributed by atoms with van der Waals surface area (Å²) in [4.78, 5) is 42.8. The average Bonchev–Trinajstić information content (AvgIpc) is 3.61. The first-order valence-corrected chi connectivity index (χ1v) is 14.3. The third-order valence-corrected chi connectivity index (χ3v) is 10.5. The minimum Gasteiger partial charge on any atom is -0.477 e. The van der Waals surface area contributed by atoms with Crippen molar-refractivity contribution in [1.29, 1.82) is 0 Å². The Bertz CT molecular complexity index is 1140. The average molecular weight is 546 g/mol. The van der Waals surface area contributed by atoms with Crippen molar-refractivity contribution < 1.29 is 19.5 Å². The van der Waals surface area contributed by atoms with Crippen molar-refractivity contribution >= 4 is 29.5 Å². The van der Waals surface area contributed by atoms with Gasteiger partial charge in [-0.25, -0.2) is 9.48 Å².